The van der Waals surface area contributed by atoms with Crippen LogP contribution in [0, 0.1) is 5.92 Å². The van der Waals surface area contributed by atoms with Gasteiger partial charge in [-0.3, -0.25) is 4.99 Å². The summed E-state index contributed by atoms with van der Waals surface area (Å²) in [4.78, 5) is 7.27. The van der Waals surface area contributed by atoms with Gasteiger partial charge >= 0.3 is 0 Å². The lowest BCUT2D eigenvalue weighted by molar-refractivity contribution is 0.214. The van der Waals surface area contributed by atoms with Crippen LogP contribution in [0.2, 0.25) is 0 Å². The molecule has 2 aromatic rings. The molecule has 1 saturated heterocycles. The van der Waals surface area contributed by atoms with Crippen LogP contribution in [0.1, 0.15) is 38.3 Å². The number of hydrogen-bond donors (Lipinski definition) is 2. The van der Waals surface area contributed by atoms with Gasteiger partial charge in [-0.1, -0.05) is 12.1 Å². The Morgan fingerprint density at radius 2 is 2.26 bits per heavy atom. The first kappa shape index (κ1) is 19.4. The van der Waals surface area contributed by atoms with Gasteiger partial charge in [0.2, 0.25) is 0 Å². The van der Waals surface area contributed by atoms with Gasteiger partial charge in [-0.05, 0) is 70.0 Å². The zero-order valence-corrected chi connectivity index (χ0v) is 16.7. The van der Waals surface area contributed by atoms with Gasteiger partial charge in [-0.25, -0.2) is 4.68 Å². The first-order valence-corrected chi connectivity index (χ1v) is 9.99. The predicted octanol–water partition coefficient (Wildman–Crippen LogP) is 2.83. The Morgan fingerprint density at radius 3 is 3.00 bits per heavy atom. The number of hydrogen-bond acceptors (Lipinski definition) is 3. The molecule has 0 bridgehead atoms. The average molecular weight is 369 g/mol. The number of nitrogens with one attached hydrogen (secondary N) is 2. The van der Waals surface area contributed by atoms with Gasteiger partial charge in [0, 0.05) is 32.0 Å². The molecule has 2 heterocycles. The number of benzene rings is 1. The summed E-state index contributed by atoms with van der Waals surface area (Å²) in [5, 5.41) is 11.3. The van der Waals surface area contributed by atoms with E-state index in [1.807, 2.05) is 16.9 Å². The van der Waals surface area contributed by atoms with Crippen LogP contribution in [-0.2, 0) is 0 Å². The van der Waals surface area contributed by atoms with Crippen LogP contribution in [0.15, 0.2) is 47.7 Å². The van der Waals surface area contributed by atoms with Crippen molar-refractivity contribution in [1.29, 1.82) is 0 Å². The van der Waals surface area contributed by atoms with Crippen molar-refractivity contribution in [1.82, 2.24) is 25.3 Å². The molecule has 0 amide bonds. The second kappa shape index (κ2) is 9.55. The SMILES string of the molecule is CCNC(=NCC1CCCN(C)C1)NC(C)c1cccc(-n2cccn2)c1. The molecular formula is C21H32N6. The van der Waals surface area contributed by atoms with E-state index in [2.05, 4.69) is 65.8 Å². The number of piperidine rings is 1. The van der Waals surface area contributed by atoms with Gasteiger partial charge in [0.15, 0.2) is 5.96 Å². The highest BCUT2D eigenvalue weighted by Crippen LogP contribution is 2.17. The van der Waals surface area contributed by atoms with Crippen LogP contribution < -0.4 is 10.6 Å². The van der Waals surface area contributed by atoms with Crippen LogP contribution in [0.5, 0.6) is 0 Å². The summed E-state index contributed by atoms with van der Waals surface area (Å²) in [6, 6.07) is 10.6. The Bertz CT molecular complexity index is 724. The highest BCUT2D eigenvalue weighted by Gasteiger charge is 2.17. The summed E-state index contributed by atoms with van der Waals surface area (Å²) < 4.78 is 1.88. The second-order valence-corrected chi connectivity index (χ2v) is 7.40. The Kier molecular flexibility index (Phi) is 6.87. The van der Waals surface area contributed by atoms with Crippen LogP contribution in [0.3, 0.4) is 0 Å². The standard InChI is InChI=1S/C21H32N6/c1-4-22-21(23-15-18-8-6-12-26(3)16-18)25-17(2)19-9-5-10-20(14-19)27-13-7-11-24-27/h5,7,9-11,13-14,17-18H,4,6,8,12,15-16H2,1-3H3,(H2,22,23,25). The number of nitrogens with zero attached hydrogens (tertiary/aromatic N) is 4. The molecule has 0 saturated carbocycles. The van der Waals surface area contributed by atoms with Gasteiger partial charge in [-0.2, -0.15) is 5.10 Å². The number of guanidine groups is 1. The third-order valence-corrected chi connectivity index (χ3v) is 5.07. The fourth-order valence-electron chi connectivity index (χ4n) is 3.61. The van der Waals surface area contributed by atoms with Crippen molar-refractivity contribution < 1.29 is 0 Å². The van der Waals surface area contributed by atoms with E-state index < -0.39 is 0 Å². The van der Waals surface area contributed by atoms with Crippen molar-refractivity contribution in [3.05, 3.63) is 48.3 Å². The van der Waals surface area contributed by atoms with E-state index in [1.54, 1.807) is 6.20 Å². The summed E-state index contributed by atoms with van der Waals surface area (Å²) in [6.07, 6.45) is 6.31. The molecule has 27 heavy (non-hydrogen) atoms. The lowest BCUT2D eigenvalue weighted by atomic mass is 9.99. The maximum atomic E-state index is 4.86. The molecule has 1 aliphatic heterocycles. The smallest absolute Gasteiger partial charge is 0.191 e. The van der Waals surface area contributed by atoms with Crippen molar-refractivity contribution >= 4 is 5.96 Å². The molecule has 3 rings (SSSR count). The minimum absolute atomic E-state index is 0.160. The monoisotopic (exact) mass is 368 g/mol. The van der Waals surface area contributed by atoms with Crippen LogP contribution in [-0.4, -0.2) is 53.9 Å². The molecule has 0 radical (unpaired) electrons. The number of aliphatic imine (C=N–C) groups is 1. The van der Waals surface area contributed by atoms with E-state index in [0.717, 1.165) is 31.3 Å². The topological polar surface area (TPSA) is 57.5 Å². The number of rotatable bonds is 6. The maximum Gasteiger partial charge on any atom is 0.191 e. The lowest BCUT2D eigenvalue weighted by Gasteiger charge is -2.29. The summed E-state index contributed by atoms with van der Waals surface area (Å²) in [5.74, 6) is 1.54. The largest absolute Gasteiger partial charge is 0.357 e. The number of likely N-dealkylation sites (tertiary alicyclic amines) is 1. The summed E-state index contributed by atoms with van der Waals surface area (Å²) >= 11 is 0. The first-order chi connectivity index (χ1) is 13.2. The highest BCUT2D eigenvalue weighted by atomic mass is 15.3. The molecule has 146 valence electrons. The van der Waals surface area contributed by atoms with Crippen LogP contribution >= 0.6 is 0 Å². The quantitative estimate of drug-likeness (QED) is 0.608. The Labute approximate surface area is 162 Å². The van der Waals surface area contributed by atoms with Gasteiger partial charge in [0.1, 0.15) is 0 Å². The molecule has 0 spiro atoms. The van der Waals surface area contributed by atoms with E-state index in [1.165, 1.54) is 24.9 Å². The van der Waals surface area contributed by atoms with Gasteiger partial charge in [0.05, 0.1) is 11.7 Å². The normalized spacial score (nSPS) is 19.7. The molecule has 1 aliphatic rings. The zero-order chi connectivity index (χ0) is 19.1. The van der Waals surface area contributed by atoms with Crippen LogP contribution in [0.4, 0.5) is 0 Å². The van der Waals surface area contributed by atoms with Gasteiger partial charge < -0.3 is 15.5 Å². The molecule has 6 nitrogen and oxygen atoms in total. The molecule has 2 N–H and O–H groups in total. The fourth-order valence-corrected chi connectivity index (χ4v) is 3.61. The fraction of sp³-hybridized carbons (Fsp3) is 0.524. The third-order valence-electron chi connectivity index (χ3n) is 5.07. The van der Waals surface area contributed by atoms with Crippen LogP contribution in [0.25, 0.3) is 5.69 Å². The van der Waals surface area contributed by atoms with Gasteiger partial charge in [0.25, 0.3) is 0 Å². The van der Waals surface area contributed by atoms with Crippen molar-refractivity contribution in [2.75, 3.05) is 33.2 Å². The van der Waals surface area contributed by atoms with E-state index in [0.29, 0.717) is 5.92 Å². The Balaban J connectivity index is 1.65. The molecule has 1 fully saturated rings. The summed E-state index contributed by atoms with van der Waals surface area (Å²) in [6.45, 7) is 8.36. The van der Waals surface area contributed by atoms with Crippen molar-refractivity contribution in [2.45, 2.75) is 32.7 Å². The lowest BCUT2D eigenvalue weighted by Crippen LogP contribution is -2.40. The van der Waals surface area contributed by atoms with E-state index in [-0.39, 0.29) is 6.04 Å². The van der Waals surface area contributed by atoms with Crippen molar-refractivity contribution in [3.8, 4) is 5.69 Å². The summed E-state index contributed by atoms with van der Waals surface area (Å²) in [7, 11) is 2.20. The third kappa shape index (κ3) is 5.57. The molecule has 2 atom stereocenters. The van der Waals surface area contributed by atoms with E-state index >= 15 is 0 Å². The average Bonchev–Trinajstić information content (AvgIpc) is 3.21. The first-order valence-electron chi connectivity index (χ1n) is 9.99. The predicted molar refractivity (Wildman–Crippen MR) is 111 cm³/mol. The molecule has 2 unspecified atom stereocenters. The molecule has 1 aromatic heterocycles. The highest BCUT2D eigenvalue weighted by molar-refractivity contribution is 5.80. The minimum Gasteiger partial charge on any atom is -0.357 e. The van der Waals surface area contributed by atoms with Crippen molar-refractivity contribution in [3.63, 3.8) is 0 Å². The molecular weight excluding hydrogens is 336 g/mol. The van der Waals surface area contributed by atoms with Crippen molar-refractivity contribution in [2.24, 2.45) is 10.9 Å². The molecule has 1 aromatic carbocycles. The second-order valence-electron chi connectivity index (χ2n) is 7.40. The molecule has 0 aliphatic carbocycles. The zero-order valence-electron chi connectivity index (χ0n) is 16.7. The Hall–Kier alpha value is -2.34. The van der Waals surface area contributed by atoms with Gasteiger partial charge in [-0.15, -0.1) is 0 Å². The van der Waals surface area contributed by atoms with E-state index in [4.69, 9.17) is 4.99 Å². The minimum atomic E-state index is 0.160. The maximum absolute atomic E-state index is 4.86. The Morgan fingerprint density at radius 1 is 1.37 bits per heavy atom. The van der Waals surface area contributed by atoms with E-state index in [9.17, 15) is 0 Å². The summed E-state index contributed by atoms with van der Waals surface area (Å²) in [5.41, 5.74) is 2.28. The molecule has 6 heteroatoms. The number of aromatic nitrogens is 2.